The van der Waals surface area contributed by atoms with E-state index < -0.39 is 11.4 Å². The summed E-state index contributed by atoms with van der Waals surface area (Å²) >= 11 is 0. The molecule has 0 radical (unpaired) electrons. The molecule has 25 heavy (non-hydrogen) atoms. The Morgan fingerprint density at radius 2 is 2.00 bits per heavy atom. The largest absolute Gasteiger partial charge is 0.487 e. The summed E-state index contributed by atoms with van der Waals surface area (Å²) in [5.74, 6) is -0.963. The molecule has 0 unspecified atom stereocenters. The van der Waals surface area contributed by atoms with E-state index >= 15 is 0 Å². The predicted molar refractivity (Wildman–Crippen MR) is 89.9 cm³/mol. The molecule has 5 nitrogen and oxygen atoms in total. The van der Waals surface area contributed by atoms with E-state index in [2.05, 4.69) is 4.74 Å². The van der Waals surface area contributed by atoms with Crippen LogP contribution in [0.15, 0.2) is 12.1 Å². The lowest BCUT2D eigenvalue weighted by Crippen LogP contribution is -2.26. The van der Waals surface area contributed by atoms with Crippen molar-refractivity contribution in [1.82, 2.24) is 0 Å². The number of rotatable bonds is 5. The molecule has 1 aliphatic heterocycles. The molecule has 1 atom stereocenters. The lowest BCUT2D eigenvalue weighted by atomic mass is 9.96. The van der Waals surface area contributed by atoms with Gasteiger partial charge in [0.2, 0.25) is 0 Å². The molecule has 0 N–H and O–H groups in total. The van der Waals surface area contributed by atoms with Gasteiger partial charge in [0, 0.05) is 6.42 Å². The molecule has 1 heterocycles. The number of benzene rings is 1. The van der Waals surface area contributed by atoms with Crippen LogP contribution in [-0.2, 0) is 31.9 Å². The Labute approximate surface area is 147 Å². The number of aryl methyl sites for hydroxylation is 1. The lowest BCUT2D eigenvalue weighted by molar-refractivity contribution is -0.154. The second-order valence-corrected chi connectivity index (χ2v) is 7.22. The highest BCUT2D eigenvalue weighted by Gasteiger charge is 2.25. The van der Waals surface area contributed by atoms with Crippen LogP contribution in [0.1, 0.15) is 51.2 Å². The number of halogens is 1. The third-order valence-corrected chi connectivity index (χ3v) is 3.87. The smallest absolute Gasteiger partial charge is 0.310 e. The molecular formula is C19H25FO5. The minimum Gasteiger partial charge on any atom is -0.487 e. The summed E-state index contributed by atoms with van der Waals surface area (Å²) in [6.07, 6.45) is 1.88. The molecule has 138 valence electrons. The molecular weight excluding hydrogens is 327 g/mol. The van der Waals surface area contributed by atoms with E-state index in [1.807, 2.05) is 0 Å². The third kappa shape index (κ3) is 5.73. The SMILES string of the molecule is COC(=O)CC[C@H]1CCc2cc(CC(=O)OC(C)(C)C)cc(F)c2O1. The Morgan fingerprint density at radius 3 is 2.64 bits per heavy atom. The van der Waals surface area contributed by atoms with Gasteiger partial charge in [-0.2, -0.15) is 0 Å². The first kappa shape index (κ1) is 19.2. The van der Waals surface area contributed by atoms with Crippen molar-refractivity contribution in [2.75, 3.05) is 7.11 Å². The summed E-state index contributed by atoms with van der Waals surface area (Å²) in [6.45, 7) is 5.38. The fourth-order valence-electron chi connectivity index (χ4n) is 2.80. The first-order chi connectivity index (χ1) is 11.7. The highest BCUT2D eigenvalue weighted by molar-refractivity contribution is 5.73. The molecule has 1 aromatic carbocycles. The number of fused-ring (bicyclic) bond motifs is 1. The second kappa shape index (κ2) is 7.85. The number of hydrogen-bond donors (Lipinski definition) is 0. The van der Waals surface area contributed by atoms with Crippen molar-refractivity contribution in [3.8, 4) is 5.75 Å². The van der Waals surface area contributed by atoms with Crippen LogP contribution in [-0.4, -0.2) is 30.8 Å². The average molecular weight is 352 g/mol. The molecule has 0 aromatic heterocycles. The Hall–Kier alpha value is -2.11. The molecule has 6 heteroatoms. The van der Waals surface area contributed by atoms with Crippen LogP contribution >= 0.6 is 0 Å². The molecule has 2 rings (SSSR count). The summed E-state index contributed by atoms with van der Waals surface area (Å²) in [5, 5.41) is 0. The topological polar surface area (TPSA) is 61.8 Å². The third-order valence-electron chi connectivity index (χ3n) is 3.87. The monoisotopic (exact) mass is 352 g/mol. The number of esters is 2. The zero-order chi connectivity index (χ0) is 18.6. The van der Waals surface area contributed by atoms with Gasteiger partial charge >= 0.3 is 11.9 Å². The van der Waals surface area contributed by atoms with Crippen LogP contribution < -0.4 is 4.74 Å². The van der Waals surface area contributed by atoms with Crippen LogP contribution in [0, 0.1) is 5.82 Å². The van der Waals surface area contributed by atoms with Gasteiger partial charge in [-0.25, -0.2) is 4.39 Å². The van der Waals surface area contributed by atoms with Crippen LogP contribution in [0.25, 0.3) is 0 Å². The standard InChI is InChI=1S/C19H25FO5/c1-19(2,3)25-17(22)11-12-9-13-5-6-14(7-8-16(21)23-4)24-18(13)15(20)10-12/h9-10,14H,5-8,11H2,1-4H3/t14-/m1/s1. The van der Waals surface area contributed by atoms with E-state index in [0.717, 1.165) is 5.56 Å². The first-order valence-electron chi connectivity index (χ1n) is 8.44. The van der Waals surface area contributed by atoms with Gasteiger partial charge in [0.15, 0.2) is 11.6 Å². The Kier molecular flexibility index (Phi) is 6.03. The van der Waals surface area contributed by atoms with E-state index in [1.54, 1.807) is 26.8 Å². The fourth-order valence-corrected chi connectivity index (χ4v) is 2.80. The molecule has 0 spiro atoms. The number of hydrogen-bond acceptors (Lipinski definition) is 5. The quantitative estimate of drug-likeness (QED) is 0.761. The van der Waals surface area contributed by atoms with Gasteiger partial charge in [-0.1, -0.05) is 6.07 Å². The number of carbonyl (C=O) groups excluding carboxylic acids is 2. The van der Waals surface area contributed by atoms with Crippen molar-refractivity contribution >= 4 is 11.9 Å². The van der Waals surface area contributed by atoms with E-state index in [9.17, 15) is 14.0 Å². The number of ether oxygens (including phenoxy) is 3. The van der Waals surface area contributed by atoms with Crippen molar-refractivity contribution in [2.45, 2.75) is 64.6 Å². The van der Waals surface area contributed by atoms with Gasteiger partial charge in [0.05, 0.1) is 19.6 Å². The van der Waals surface area contributed by atoms with Gasteiger partial charge < -0.3 is 14.2 Å². The van der Waals surface area contributed by atoms with Crippen molar-refractivity contribution in [3.63, 3.8) is 0 Å². The van der Waals surface area contributed by atoms with Gasteiger partial charge in [-0.05, 0) is 57.2 Å². The number of carbonyl (C=O) groups is 2. The Bertz CT molecular complexity index is 648. The highest BCUT2D eigenvalue weighted by atomic mass is 19.1. The van der Waals surface area contributed by atoms with Gasteiger partial charge in [-0.3, -0.25) is 9.59 Å². The maximum Gasteiger partial charge on any atom is 0.310 e. The van der Waals surface area contributed by atoms with Crippen LogP contribution in [0.5, 0.6) is 5.75 Å². The fraction of sp³-hybridized carbons (Fsp3) is 0.579. The molecule has 0 fully saturated rings. The van der Waals surface area contributed by atoms with Gasteiger partial charge in [-0.15, -0.1) is 0 Å². The Morgan fingerprint density at radius 1 is 1.28 bits per heavy atom. The molecule has 1 aliphatic rings. The zero-order valence-electron chi connectivity index (χ0n) is 15.2. The molecule has 0 bridgehead atoms. The maximum absolute atomic E-state index is 14.4. The maximum atomic E-state index is 14.4. The minimum atomic E-state index is -0.570. The summed E-state index contributed by atoms with van der Waals surface area (Å²) in [5.41, 5.74) is 0.745. The van der Waals surface area contributed by atoms with Crippen LogP contribution in [0.4, 0.5) is 4.39 Å². The summed E-state index contributed by atoms with van der Waals surface area (Å²) < 4.78 is 30.0. The van der Waals surface area contributed by atoms with E-state index in [0.29, 0.717) is 24.8 Å². The van der Waals surface area contributed by atoms with Crippen molar-refractivity contribution in [3.05, 3.63) is 29.1 Å². The average Bonchev–Trinajstić information content (AvgIpc) is 2.50. The summed E-state index contributed by atoms with van der Waals surface area (Å²) in [7, 11) is 1.34. The lowest BCUT2D eigenvalue weighted by Gasteiger charge is -2.27. The summed E-state index contributed by atoms with van der Waals surface area (Å²) in [4.78, 5) is 23.1. The van der Waals surface area contributed by atoms with Crippen LogP contribution in [0.3, 0.4) is 0 Å². The molecule has 0 amide bonds. The molecule has 0 saturated heterocycles. The molecule has 0 aliphatic carbocycles. The normalized spacial score (nSPS) is 16.6. The van der Waals surface area contributed by atoms with Crippen molar-refractivity contribution in [2.24, 2.45) is 0 Å². The zero-order valence-corrected chi connectivity index (χ0v) is 15.2. The second-order valence-electron chi connectivity index (χ2n) is 7.22. The molecule has 1 aromatic rings. The highest BCUT2D eigenvalue weighted by Crippen LogP contribution is 2.33. The van der Waals surface area contributed by atoms with Gasteiger partial charge in [0.1, 0.15) is 5.60 Å². The van der Waals surface area contributed by atoms with Crippen molar-refractivity contribution < 1.29 is 28.2 Å². The number of methoxy groups -OCH3 is 1. The minimum absolute atomic E-state index is 0.0211. The molecule has 0 saturated carbocycles. The van der Waals surface area contributed by atoms with Gasteiger partial charge in [0.25, 0.3) is 0 Å². The van der Waals surface area contributed by atoms with Crippen molar-refractivity contribution in [1.29, 1.82) is 0 Å². The van der Waals surface area contributed by atoms with E-state index in [1.165, 1.54) is 13.2 Å². The van der Waals surface area contributed by atoms with E-state index in [-0.39, 0.29) is 36.6 Å². The summed E-state index contributed by atoms with van der Waals surface area (Å²) in [6, 6.07) is 3.10. The predicted octanol–water partition coefficient (Wildman–Crippen LogP) is 3.36. The first-order valence-corrected chi connectivity index (χ1v) is 8.44. The van der Waals surface area contributed by atoms with Crippen LogP contribution in [0.2, 0.25) is 0 Å². The van der Waals surface area contributed by atoms with E-state index in [4.69, 9.17) is 9.47 Å². The Balaban J connectivity index is 2.03.